The summed E-state index contributed by atoms with van der Waals surface area (Å²) in [4.78, 5) is 2.76. The van der Waals surface area contributed by atoms with Gasteiger partial charge in [-0.15, -0.1) is 21.5 Å². The van der Waals surface area contributed by atoms with Gasteiger partial charge in [-0.1, -0.05) is 39.0 Å². The molecule has 0 aliphatic rings. The molecule has 2 aromatic rings. The average Bonchev–Trinajstić information content (AvgIpc) is 2.94. The minimum atomic E-state index is 0.237. The average molecular weight is 281 g/mol. The topological polar surface area (TPSA) is 37.8 Å². The van der Waals surface area contributed by atoms with Gasteiger partial charge >= 0.3 is 0 Å². The van der Waals surface area contributed by atoms with E-state index in [1.807, 2.05) is 11.3 Å². The molecule has 3 nitrogen and oxygen atoms in total. The van der Waals surface area contributed by atoms with E-state index < -0.39 is 0 Å². The Morgan fingerprint density at radius 1 is 1.17 bits per heavy atom. The van der Waals surface area contributed by atoms with Crippen LogP contribution in [-0.2, 0) is 18.4 Å². The lowest BCUT2D eigenvalue weighted by atomic mass is 9.95. The Morgan fingerprint density at radius 2 is 1.94 bits per heavy atom. The van der Waals surface area contributed by atoms with Gasteiger partial charge in [0.1, 0.15) is 5.01 Å². The number of aryl methyl sites for hydroxylation is 1. The van der Waals surface area contributed by atoms with Crippen molar-refractivity contribution in [3.05, 3.63) is 26.9 Å². The number of anilines is 1. The standard InChI is InChI=1S/C13H19N3S2/c1-5-11-15-16-12(18-11)14-8-9-6-7-10(17-9)13(2,3)4/h6-7H,5,8H2,1-4H3,(H,14,16). The van der Waals surface area contributed by atoms with Crippen LogP contribution in [0.1, 0.15) is 42.5 Å². The Kier molecular flexibility index (Phi) is 4.02. The van der Waals surface area contributed by atoms with Gasteiger partial charge in [0.05, 0.1) is 6.54 Å². The zero-order chi connectivity index (χ0) is 13.2. The molecule has 0 fully saturated rings. The largest absolute Gasteiger partial charge is 0.355 e. The second-order valence-corrected chi connectivity index (χ2v) is 7.45. The molecule has 0 radical (unpaired) electrons. The number of aromatic nitrogens is 2. The number of nitrogens with one attached hydrogen (secondary N) is 1. The van der Waals surface area contributed by atoms with Crippen LogP contribution in [0, 0.1) is 0 Å². The summed E-state index contributed by atoms with van der Waals surface area (Å²) in [6.45, 7) is 9.66. The van der Waals surface area contributed by atoms with Crippen LogP contribution in [0.25, 0.3) is 0 Å². The van der Waals surface area contributed by atoms with E-state index in [0.717, 1.165) is 23.1 Å². The van der Waals surface area contributed by atoms with Crippen LogP contribution < -0.4 is 5.32 Å². The first-order chi connectivity index (χ1) is 8.49. The summed E-state index contributed by atoms with van der Waals surface area (Å²) in [6.07, 6.45) is 0.951. The van der Waals surface area contributed by atoms with Gasteiger partial charge in [-0.25, -0.2) is 0 Å². The molecule has 0 spiro atoms. The Labute approximate surface area is 116 Å². The van der Waals surface area contributed by atoms with Gasteiger partial charge in [0, 0.05) is 9.75 Å². The van der Waals surface area contributed by atoms with Gasteiger partial charge in [0.25, 0.3) is 0 Å². The van der Waals surface area contributed by atoms with E-state index in [1.165, 1.54) is 9.75 Å². The molecule has 0 aliphatic carbocycles. The molecular formula is C13H19N3S2. The van der Waals surface area contributed by atoms with Crippen LogP contribution in [0.3, 0.4) is 0 Å². The van der Waals surface area contributed by atoms with Crippen molar-refractivity contribution in [2.45, 2.75) is 46.1 Å². The van der Waals surface area contributed by atoms with Crippen molar-refractivity contribution in [2.75, 3.05) is 5.32 Å². The smallest absolute Gasteiger partial charge is 0.205 e. The zero-order valence-corrected chi connectivity index (χ0v) is 12.9. The molecule has 0 bridgehead atoms. The van der Waals surface area contributed by atoms with Crippen molar-refractivity contribution in [1.29, 1.82) is 0 Å². The first-order valence-electron chi connectivity index (χ1n) is 6.14. The highest BCUT2D eigenvalue weighted by molar-refractivity contribution is 7.15. The molecule has 0 aliphatic heterocycles. The van der Waals surface area contributed by atoms with E-state index in [9.17, 15) is 0 Å². The lowest BCUT2D eigenvalue weighted by Gasteiger charge is -2.15. The summed E-state index contributed by atoms with van der Waals surface area (Å²) in [6, 6.07) is 4.42. The Bertz CT molecular complexity index is 508. The van der Waals surface area contributed by atoms with E-state index in [0.29, 0.717) is 0 Å². The molecule has 0 aromatic carbocycles. The fourth-order valence-corrected chi connectivity index (χ4v) is 3.19. The van der Waals surface area contributed by atoms with Crippen LogP contribution in [0.15, 0.2) is 12.1 Å². The summed E-state index contributed by atoms with van der Waals surface area (Å²) >= 11 is 3.50. The van der Waals surface area contributed by atoms with Crippen molar-refractivity contribution in [3.8, 4) is 0 Å². The molecule has 2 rings (SSSR count). The van der Waals surface area contributed by atoms with Crippen molar-refractivity contribution < 1.29 is 0 Å². The maximum atomic E-state index is 4.12. The molecule has 1 N–H and O–H groups in total. The molecular weight excluding hydrogens is 262 g/mol. The van der Waals surface area contributed by atoms with Crippen LogP contribution in [0.2, 0.25) is 0 Å². The Morgan fingerprint density at radius 3 is 2.50 bits per heavy atom. The number of nitrogens with zero attached hydrogens (tertiary/aromatic N) is 2. The third kappa shape index (κ3) is 3.29. The molecule has 0 atom stereocenters. The molecule has 2 aromatic heterocycles. The summed E-state index contributed by atoms with van der Waals surface area (Å²) in [5, 5.41) is 13.6. The second-order valence-electron chi connectivity index (χ2n) is 5.22. The van der Waals surface area contributed by atoms with Crippen LogP contribution in [-0.4, -0.2) is 10.2 Å². The van der Waals surface area contributed by atoms with E-state index in [4.69, 9.17) is 0 Å². The molecule has 18 heavy (non-hydrogen) atoms. The predicted molar refractivity (Wildman–Crippen MR) is 79.6 cm³/mol. The van der Waals surface area contributed by atoms with Gasteiger partial charge in [-0.05, 0) is 24.0 Å². The number of rotatable bonds is 4. The van der Waals surface area contributed by atoms with Crippen LogP contribution >= 0.6 is 22.7 Å². The van der Waals surface area contributed by atoms with Crippen molar-refractivity contribution in [1.82, 2.24) is 10.2 Å². The number of hydrogen-bond donors (Lipinski definition) is 1. The normalized spacial score (nSPS) is 11.8. The molecule has 2 heterocycles. The predicted octanol–water partition coefficient (Wildman–Crippen LogP) is 4.07. The van der Waals surface area contributed by atoms with E-state index >= 15 is 0 Å². The van der Waals surface area contributed by atoms with Gasteiger partial charge in [0.2, 0.25) is 5.13 Å². The third-order valence-electron chi connectivity index (χ3n) is 2.58. The SMILES string of the molecule is CCc1nnc(NCc2ccc(C(C)(C)C)s2)s1. The summed E-state index contributed by atoms with van der Waals surface area (Å²) < 4.78 is 0. The summed E-state index contributed by atoms with van der Waals surface area (Å²) in [7, 11) is 0. The van der Waals surface area contributed by atoms with Gasteiger partial charge in [-0.2, -0.15) is 0 Å². The lowest BCUT2D eigenvalue weighted by molar-refractivity contribution is 0.604. The van der Waals surface area contributed by atoms with Gasteiger partial charge < -0.3 is 5.32 Å². The highest BCUT2D eigenvalue weighted by Crippen LogP contribution is 2.29. The van der Waals surface area contributed by atoms with Crippen molar-refractivity contribution >= 4 is 27.8 Å². The quantitative estimate of drug-likeness (QED) is 0.918. The highest BCUT2D eigenvalue weighted by atomic mass is 32.1. The zero-order valence-electron chi connectivity index (χ0n) is 11.3. The number of hydrogen-bond acceptors (Lipinski definition) is 5. The first-order valence-corrected chi connectivity index (χ1v) is 7.78. The number of thiophene rings is 1. The fraction of sp³-hybridized carbons (Fsp3) is 0.538. The molecule has 0 unspecified atom stereocenters. The molecule has 98 valence electrons. The van der Waals surface area contributed by atoms with Gasteiger partial charge in [-0.3, -0.25) is 0 Å². The molecule has 0 saturated heterocycles. The molecule has 5 heteroatoms. The Balaban J connectivity index is 1.96. The monoisotopic (exact) mass is 281 g/mol. The maximum absolute atomic E-state index is 4.12. The Hall–Kier alpha value is -0.940. The minimum absolute atomic E-state index is 0.237. The summed E-state index contributed by atoms with van der Waals surface area (Å²) in [5.41, 5.74) is 0.237. The fourth-order valence-electron chi connectivity index (χ4n) is 1.51. The minimum Gasteiger partial charge on any atom is -0.355 e. The van der Waals surface area contributed by atoms with Crippen molar-refractivity contribution in [2.24, 2.45) is 0 Å². The lowest BCUT2D eigenvalue weighted by Crippen LogP contribution is -2.07. The molecule has 0 amide bonds. The van der Waals surface area contributed by atoms with Crippen LogP contribution in [0.4, 0.5) is 5.13 Å². The third-order valence-corrected chi connectivity index (χ3v) is 5.12. The van der Waals surface area contributed by atoms with Crippen LogP contribution in [0.5, 0.6) is 0 Å². The maximum Gasteiger partial charge on any atom is 0.205 e. The highest BCUT2D eigenvalue weighted by Gasteiger charge is 2.15. The molecule has 0 saturated carbocycles. The van der Waals surface area contributed by atoms with E-state index in [1.54, 1.807) is 11.3 Å². The van der Waals surface area contributed by atoms with Gasteiger partial charge in [0.15, 0.2) is 0 Å². The first kappa shape index (κ1) is 13.5. The summed E-state index contributed by atoms with van der Waals surface area (Å²) in [5.74, 6) is 0. The van der Waals surface area contributed by atoms with E-state index in [2.05, 4.69) is 55.3 Å². The second kappa shape index (κ2) is 5.36. The van der Waals surface area contributed by atoms with Crippen molar-refractivity contribution in [3.63, 3.8) is 0 Å². The van der Waals surface area contributed by atoms with E-state index in [-0.39, 0.29) is 5.41 Å².